The zero-order valence-corrected chi connectivity index (χ0v) is 14.2. The maximum atomic E-state index is 12.1. The van der Waals surface area contributed by atoms with Crippen molar-refractivity contribution in [1.29, 1.82) is 0 Å². The van der Waals surface area contributed by atoms with Crippen LogP contribution >= 0.6 is 0 Å². The Morgan fingerprint density at radius 2 is 2.09 bits per heavy atom. The summed E-state index contributed by atoms with van der Waals surface area (Å²) in [6.45, 7) is 8.23. The van der Waals surface area contributed by atoms with Crippen molar-refractivity contribution >= 4 is 5.91 Å². The zero-order chi connectivity index (χ0) is 15.5. The van der Waals surface area contributed by atoms with Gasteiger partial charge >= 0.3 is 0 Å². The van der Waals surface area contributed by atoms with Crippen molar-refractivity contribution < 1.29 is 4.79 Å². The lowest BCUT2D eigenvalue weighted by molar-refractivity contribution is -0.129. The third-order valence-corrected chi connectivity index (χ3v) is 5.74. The highest BCUT2D eigenvalue weighted by Crippen LogP contribution is 2.30. The second-order valence-electron chi connectivity index (χ2n) is 7.43. The molecule has 3 atom stereocenters. The van der Waals surface area contributed by atoms with Gasteiger partial charge in [-0.3, -0.25) is 4.79 Å². The van der Waals surface area contributed by atoms with Crippen LogP contribution in [0.3, 0.4) is 0 Å². The van der Waals surface area contributed by atoms with Gasteiger partial charge in [0.2, 0.25) is 5.91 Å². The summed E-state index contributed by atoms with van der Waals surface area (Å²) in [5, 5.41) is 3.51. The maximum absolute atomic E-state index is 12.1. The van der Waals surface area contributed by atoms with Crippen LogP contribution in [-0.2, 0) is 4.79 Å². The Morgan fingerprint density at radius 1 is 1.32 bits per heavy atom. The van der Waals surface area contributed by atoms with Gasteiger partial charge in [0.05, 0.1) is 6.54 Å². The summed E-state index contributed by atoms with van der Waals surface area (Å²) in [7, 11) is 0. The highest BCUT2D eigenvalue weighted by molar-refractivity contribution is 5.78. The molecule has 1 aliphatic carbocycles. The Labute approximate surface area is 134 Å². The van der Waals surface area contributed by atoms with Gasteiger partial charge in [0.15, 0.2) is 0 Å². The molecule has 4 heteroatoms. The standard InChI is InChI=1S/C18H31N3O/c1-14-5-6-15(2)21(14)13-16-7-8-17(11-16)19-12-18(22)20-9-3-4-10-20/h5,15-17,19H,3-4,6-13H2,1-2H3/t15?,16-,17+/m0/s1. The first-order valence-electron chi connectivity index (χ1n) is 9.08. The highest BCUT2D eigenvalue weighted by Gasteiger charge is 2.29. The largest absolute Gasteiger partial charge is 0.372 e. The number of amides is 1. The van der Waals surface area contributed by atoms with Gasteiger partial charge in [-0.15, -0.1) is 0 Å². The summed E-state index contributed by atoms with van der Waals surface area (Å²) in [5.41, 5.74) is 1.45. The van der Waals surface area contributed by atoms with Crippen LogP contribution in [0, 0.1) is 5.92 Å². The first kappa shape index (κ1) is 15.9. The summed E-state index contributed by atoms with van der Waals surface area (Å²) >= 11 is 0. The fourth-order valence-electron chi connectivity index (χ4n) is 4.27. The molecule has 2 fully saturated rings. The van der Waals surface area contributed by atoms with Gasteiger partial charge in [0.1, 0.15) is 0 Å². The van der Waals surface area contributed by atoms with E-state index >= 15 is 0 Å². The minimum absolute atomic E-state index is 0.299. The van der Waals surface area contributed by atoms with Gasteiger partial charge in [-0.1, -0.05) is 6.08 Å². The quantitative estimate of drug-likeness (QED) is 0.847. The van der Waals surface area contributed by atoms with Crippen LogP contribution in [0.4, 0.5) is 0 Å². The molecule has 0 aromatic rings. The van der Waals surface area contributed by atoms with E-state index in [9.17, 15) is 4.79 Å². The van der Waals surface area contributed by atoms with E-state index in [1.807, 2.05) is 4.90 Å². The Morgan fingerprint density at radius 3 is 2.77 bits per heavy atom. The van der Waals surface area contributed by atoms with Gasteiger partial charge in [0, 0.05) is 37.4 Å². The SMILES string of the molecule is CC1=CCC(C)N1C[C@H]1CC[C@@H](NCC(=O)N2CCCC2)C1. The van der Waals surface area contributed by atoms with Gasteiger partial charge < -0.3 is 15.1 Å². The fourth-order valence-corrected chi connectivity index (χ4v) is 4.27. The molecular weight excluding hydrogens is 274 g/mol. The number of hydrogen-bond acceptors (Lipinski definition) is 3. The molecule has 0 aromatic carbocycles. The molecule has 1 unspecified atom stereocenters. The Balaban J connectivity index is 1.39. The molecular formula is C18H31N3O. The predicted molar refractivity (Wildman–Crippen MR) is 89.5 cm³/mol. The molecule has 2 heterocycles. The van der Waals surface area contributed by atoms with Crippen molar-refractivity contribution in [3.05, 3.63) is 11.8 Å². The minimum Gasteiger partial charge on any atom is -0.372 e. The van der Waals surface area contributed by atoms with Gasteiger partial charge in [-0.25, -0.2) is 0 Å². The lowest BCUT2D eigenvalue weighted by Crippen LogP contribution is -2.40. The van der Waals surface area contributed by atoms with Crippen LogP contribution in [0.1, 0.15) is 52.4 Å². The van der Waals surface area contributed by atoms with Crippen LogP contribution in [0.15, 0.2) is 11.8 Å². The van der Waals surface area contributed by atoms with Crippen molar-refractivity contribution in [1.82, 2.24) is 15.1 Å². The van der Waals surface area contributed by atoms with Gasteiger partial charge in [-0.05, 0) is 58.3 Å². The molecule has 4 nitrogen and oxygen atoms in total. The average molecular weight is 305 g/mol. The number of allylic oxidation sites excluding steroid dienone is 1. The van der Waals surface area contributed by atoms with Crippen molar-refractivity contribution in [2.45, 2.75) is 64.5 Å². The van der Waals surface area contributed by atoms with E-state index in [0.717, 1.165) is 19.0 Å². The van der Waals surface area contributed by atoms with Crippen LogP contribution in [0.2, 0.25) is 0 Å². The number of carbonyl (C=O) groups excluding carboxylic acids is 1. The number of hydrogen-bond donors (Lipinski definition) is 1. The Bertz CT molecular complexity index is 428. The lowest BCUT2D eigenvalue weighted by atomic mass is 10.1. The third kappa shape index (κ3) is 3.65. The Hall–Kier alpha value is -1.03. The van der Waals surface area contributed by atoms with E-state index in [1.165, 1.54) is 50.8 Å². The van der Waals surface area contributed by atoms with E-state index in [4.69, 9.17) is 0 Å². The van der Waals surface area contributed by atoms with E-state index in [2.05, 4.69) is 30.1 Å². The normalized spacial score (nSPS) is 31.9. The molecule has 3 rings (SSSR count). The summed E-state index contributed by atoms with van der Waals surface area (Å²) < 4.78 is 0. The second-order valence-corrected chi connectivity index (χ2v) is 7.43. The first-order valence-corrected chi connectivity index (χ1v) is 9.08. The molecule has 1 amide bonds. The number of nitrogens with zero attached hydrogens (tertiary/aromatic N) is 2. The highest BCUT2D eigenvalue weighted by atomic mass is 16.2. The first-order chi connectivity index (χ1) is 10.6. The van der Waals surface area contributed by atoms with Crippen LogP contribution in [0.25, 0.3) is 0 Å². The van der Waals surface area contributed by atoms with Gasteiger partial charge in [0.25, 0.3) is 0 Å². The number of carbonyl (C=O) groups is 1. The summed E-state index contributed by atoms with van der Waals surface area (Å²) in [5.74, 6) is 1.08. The van der Waals surface area contributed by atoms with E-state index in [-0.39, 0.29) is 0 Å². The lowest BCUT2D eigenvalue weighted by Gasteiger charge is -2.29. The summed E-state index contributed by atoms with van der Waals surface area (Å²) in [6.07, 6.45) is 9.67. The molecule has 0 radical (unpaired) electrons. The maximum Gasteiger partial charge on any atom is 0.236 e. The van der Waals surface area contributed by atoms with Gasteiger partial charge in [-0.2, -0.15) is 0 Å². The molecule has 0 aromatic heterocycles. The zero-order valence-electron chi connectivity index (χ0n) is 14.2. The van der Waals surface area contributed by atoms with Crippen LogP contribution in [0.5, 0.6) is 0 Å². The molecule has 1 saturated carbocycles. The topological polar surface area (TPSA) is 35.6 Å². The van der Waals surface area contributed by atoms with Crippen molar-refractivity contribution in [2.75, 3.05) is 26.2 Å². The number of rotatable bonds is 5. The average Bonchev–Trinajstić information content (AvgIpc) is 3.23. The molecule has 1 saturated heterocycles. The minimum atomic E-state index is 0.299. The Kier molecular flexibility index (Phi) is 5.07. The second kappa shape index (κ2) is 7.03. The molecule has 3 aliphatic rings. The third-order valence-electron chi connectivity index (χ3n) is 5.74. The molecule has 22 heavy (non-hydrogen) atoms. The summed E-state index contributed by atoms with van der Waals surface area (Å²) in [6, 6.07) is 1.21. The molecule has 124 valence electrons. The number of nitrogens with one attached hydrogen (secondary N) is 1. The molecule has 0 spiro atoms. The van der Waals surface area contributed by atoms with Crippen molar-refractivity contribution in [3.8, 4) is 0 Å². The summed E-state index contributed by atoms with van der Waals surface area (Å²) in [4.78, 5) is 16.7. The number of likely N-dealkylation sites (tertiary alicyclic amines) is 1. The molecule has 2 aliphatic heterocycles. The fraction of sp³-hybridized carbons (Fsp3) is 0.833. The van der Waals surface area contributed by atoms with Crippen LogP contribution < -0.4 is 5.32 Å². The predicted octanol–water partition coefficient (Wildman–Crippen LogP) is 2.37. The van der Waals surface area contributed by atoms with E-state index < -0.39 is 0 Å². The smallest absolute Gasteiger partial charge is 0.236 e. The van der Waals surface area contributed by atoms with Crippen molar-refractivity contribution in [2.24, 2.45) is 5.92 Å². The van der Waals surface area contributed by atoms with Crippen molar-refractivity contribution in [3.63, 3.8) is 0 Å². The molecule has 0 bridgehead atoms. The van der Waals surface area contributed by atoms with E-state index in [0.29, 0.717) is 24.5 Å². The monoisotopic (exact) mass is 305 g/mol. The molecule has 1 N–H and O–H groups in total. The van der Waals surface area contributed by atoms with Crippen LogP contribution in [-0.4, -0.2) is 54.0 Å². The van der Waals surface area contributed by atoms with E-state index in [1.54, 1.807) is 0 Å².